The van der Waals surface area contributed by atoms with Gasteiger partial charge < -0.3 is 15.5 Å². The second-order valence-electron chi connectivity index (χ2n) is 5.28. The number of amides is 1. The predicted octanol–water partition coefficient (Wildman–Crippen LogP) is 2.56. The Morgan fingerprint density at radius 2 is 1.43 bits per heavy atom. The summed E-state index contributed by atoms with van der Waals surface area (Å²) in [4.78, 5) is 32.8. The molecule has 6 heteroatoms. The van der Waals surface area contributed by atoms with Gasteiger partial charge in [0.1, 0.15) is 6.04 Å². The highest BCUT2D eigenvalue weighted by Gasteiger charge is 2.22. The molecule has 0 aliphatic heterocycles. The average Bonchev–Trinajstić information content (AvgIpc) is 2.40. The van der Waals surface area contributed by atoms with E-state index in [-0.39, 0.29) is 6.42 Å². The van der Waals surface area contributed by atoms with Gasteiger partial charge in [0.2, 0.25) is 5.91 Å². The number of carbonyl (C=O) groups is 3. The fraction of sp³-hybridized carbons (Fsp3) is 0.800. The zero-order valence-electron chi connectivity index (χ0n) is 12.8. The van der Waals surface area contributed by atoms with Gasteiger partial charge >= 0.3 is 11.9 Å². The van der Waals surface area contributed by atoms with Crippen molar-refractivity contribution in [1.29, 1.82) is 0 Å². The van der Waals surface area contributed by atoms with Gasteiger partial charge in [-0.2, -0.15) is 0 Å². The highest BCUT2D eigenvalue weighted by Crippen LogP contribution is 2.09. The first-order valence-corrected chi connectivity index (χ1v) is 7.71. The molecule has 1 atom stereocenters. The van der Waals surface area contributed by atoms with E-state index in [4.69, 9.17) is 10.2 Å². The molecule has 0 radical (unpaired) electrons. The number of aliphatic carboxylic acids is 2. The number of hydrogen-bond donors (Lipinski definition) is 3. The lowest BCUT2D eigenvalue weighted by Gasteiger charge is -2.12. The first kappa shape index (κ1) is 19.4. The molecule has 0 fully saturated rings. The molecule has 6 nitrogen and oxygen atoms in total. The van der Waals surface area contributed by atoms with Gasteiger partial charge in [0.05, 0.1) is 6.42 Å². The van der Waals surface area contributed by atoms with Crippen molar-refractivity contribution in [3.63, 3.8) is 0 Å². The predicted molar refractivity (Wildman–Crippen MR) is 79.0 cm³/mol. The minimum Gasteiger partial charge on any atom is -0.481 e. The third kappa shape index (κ3) is 11.9. The van der Waals surface area contributed by atoms with Gasteiger partial charge in [0.15, 0.2) is 0 Å². The van der Waals surface area contributed by atoms with E-state index in [1.807, 2.05) is 0 Å². The van der Waals surface area contributed by atoms with E-state index in [2.05, 4.69) is 12.2 Å². The first-order valence-electron chi connectivity index (χ1n) is 7.71. The Labute approximate surface area is 125 Å². The Balaban J connectivity index is 3.69. The van der Waals surface area contributed by atoms with Gasteiger partial charge in [0.25, 0.3) is 0 Å². The summed E-state index contributed by atoms with van der Waals surface area (Å²) in [6.07, 6.45) is 8.51. The SMILES string of the molecule is CCCCCCCCCCC(=O)N[C@@H](CC(=O)O)C(=O)O. The van der Waals surface area contributed by atoms with E-state index in [1.54, 1.807) is 0 Å². The molecule has 0 unspecified atom stereocenters. The van der Waals surface area contributed by atoms with Crippen LogP contribution in [0.15, 0.2) is 0 Å². The van der Waals surface area contributed by atoms with Crippen molar-refractivity contribution in [2.75, 3.05) is 0 Å². The summed E-state index contributed by atoms with van der Waals surface area (Å²) >= 11 is 0. The second kappa shape index (κ2) is 12.2. The lowest BCUT2D eigenvalue weighted by molar-refractivity contribution is -0.147. The van der Waals surface area contributed by atoms with Crippen LogP contribution in [0.3, 0.4) is 0 Å². The number of hydrogen-bond acceptors (Lipinski definition) is 3. The lowest BCUT2D eigenvalue weighted by atomic mass is 10.1. The van der Waals surface area contributed by atoms with Crippen LogP contribution in [-0.2, 0) is 14.4 Å². The van der Waals surface area contributed by atoms with Gasteiger partial charge in [-0.3, -0.25) is 9.59 Å². The van der Waals surface area contributed by atoms with E-state index in [1.165, 1.54) is 32.1 Å². The molecule has 21 heavy (non-hydrogen) atoms. The lowest BCUT2D eigenvalue weighted by Crippen LogP contribution is -2.42. The van der Waals surface area contributed by atoms with E-state index in [0.29, 0.717) is 6.42 Å². The molecule has 0 bridgehead atoms. The molecule has 0 aromatic rings. The largest absolute Gasteiger partial charge is 0.481 e. The van der Waals surface area contributed by atoms with Crippen LogP contribution in [0.4, 0.5) is 0 Å². The van der Waals surface area contributed by atoms with Crippen LogP contribution in [-0.4, -0.2) is 34.1 Å². The molecule has 0 heterocycles. The molecule has 1 amide bonds. The monoisotopic (exact) mass is 301 g/mol. The molecule has 0 saturated heterocycles. The Bertz CT molecular complexity index is 330. The maximum atomic E-state index is 11.5. The summed E-state index contributed by atoms with van der Waals surface area (Å²) in [6, 6.07) is -1.34. The number of carbonyl (C=O) groups excluding carboxylic acids is 1. The number of carboxylic acids is 2. The van der Waals surface area contributed by atoms with E-state index in [0.717, 1.165) is 12.8 Å². The van der Waals surface area contributed by atoms with Crippen molar-refractivity contribution in [2.45, 2.75) is 77.2 Å². The third-order valence-electron chi connectivity index (χ3n) is 3.27. The number of rotatable bonds is 13. The molecule has 3 N–H and O–H groups in total. The summed E-state index contributed by atoms with van der Waals surface area (Å²) < 4.78 is 0. The van der Waals surface area contributed by atoms with Crippen LogP contribution in [0.2, 0.25) is 0 Å². The molecule has 0 rings (SSSR count). The van der Waals surface area contributed by atoms with E-state index >= 15 is 0 Å². The fourth-order valence-electron chi connectivity index (χ4n) is 2.06. The first-order chi connectivity index (χ1) is 9.97. The highest BCUT2D eigenvalue weighted by molar-refractivity contribution is 5.86. The van der Waals surface area contributed by atoms with Crippen molar-refractivity contribution < 1.29 is 24.6 Å². The van der Waals surface area contributed by atoms with Crippen LogP contribution in [0.5, 0.6) is 0 Å². The van der Waals surface area contributed by atoms with Gasteiger partial charge in [-0.1, -0.05) is 51.9 Å². The van der Waals surface area contributed by atoms with Crippen molar-refractivity contribution in [2.24, 2.45) is 0 Å². The molecule has 0 saturated carbocycles. The van der Waals surface area contributed by atoms with Crippen molar-refractivity contribution in [3.8, 4) is 0 Å². The third-order valence-corrected chi connectivity index (χ3v) is 3.27. The van der Waals surface area contributed by atoms with Gasteiger partial charge in [-0.05, 0) is 6.42 Å². The van der Waals surface area contributed by atoms with Crippen LogP contribution < -0.4 is 5.32 Å². The average molecular weight is 301 g/mol. The van der Waals surface area contributed by atoms with Crippen LogP contribution >= 0.6 is 0 Å². The van der Waals surface area contributed by atoms with Crippen molar-refractivity contribution in [3.05, 3.63) is 0 Å². The normalized spacial score (nSPS) is 11.9. The summed E-state index contributed by atoms with van der Waals surface area (Å²) in [6.45, 7) is 2.17. The Morgan fingerprint density at radius 1 is 0.905 bits per heavy atom. The van der Waals surface area contributed by atoms with Crippen LogP contribution in [0, 0.1) is 0 Å². The Kier molecular flexibility index (Phi) is 11.3. The topological polar surface area (TPSA) is 104 Å². The Morgan fingerprint density at radius 3 is 1.90 bits per heavy atom. The maximum Gasteiger partial charge on any atom is 0.326 e. The molecule has 0 spiro atoms. The minimum absolute atomic E-state index is 0.248. The fourth-order valence-corrected chi connectivity index (χ4v) is 2.06. The van der Waals surface area contributed by atoms with E-state index in [9.17, 15) is 14.4 Å². The van der Waals surface area contributed by atoms with E-state index < -0.39 is 30.3 Å². The van der Waals surface area contributed by atoms with Crippen molar-refractivity contribution in [1.82, 2.24) is 5.32 Å². The zero-order valence-corrected chi connectivity index (χ0v) is 12.8. The molecule has 0 aliphatic carbocycles. The number of carboxylic acid groups (broad SMARTS) is 2. The number of unbranched alkanes of at least 4 members (excludes halogenated alkanes) is 7. The molecule has 0 aliphatic rings. The summed E-state index contributed by atoms with van der Waals surface area (Å²) in [5, 5.41) is 19.6. The van der Waals surface area contributed by atoms with Gasteiger partial charge in [0, 0.05) is 6.42 Å². The van der Waals surface area contributed by atoms with Crippen LogP contribution in [0.25, 0.3) is 0 Å². The summed E-state index contributed by atoms with van der Waals surface area (Å²) in [7, 11) is 0. The molecule has 0 aromatic carbocycles. The highest BCUT2D eigenvalue weighted by atomic mass is 16.4. The zero-order chi connectivity index (χ0) is 16.1. The summed E-state index contributed by atoms with van der Waals surface area (Å²) in [5.74, 6) is -2.95. The van der Waals surface area contributed by atoms with Gasteiger partial charge in [-0.25, -0.2) is 4.79 Å². The van der Waals surface area contributed by atoms with Crippen LogP contribution in [0.1, 0.15) is 71.1 Å². The van der Waals surface area contributed by atoms with Crippen molar-refractivity contribution >= 4 is 17.8 Å². The van der Waals surface area contributed by atoms with Gasteiger partial charge in [-0.15, -0.1) is 0 Å². The second-order valence-corrected chi connectivity index (χ2v) is 5.28. The molecule has 122 valence electrons. The minimum atomic E-state index is -1.34. The maximum absolute atomic E-state index is 11.5. The number of nitrogens with one attached hydrogen (secondary N) is 1. The Hall–Kier alpha value is -1.59. The molecular weight excluding hydrogens is 274 g/mol. The standard InChI is InChI=1S/C15H27NO5/c1-2-3-4-5-6-7-8-9-10-13(17)16-12(15(20)21)11-14(18)19/h12H,2-11H2,1H3,(H,16,17)(H,18,19)(H,20,21)/t12-/m0/s1. The smallest absolute Gasteiger partial charge is 0.326 e. The molecule has 0 aromatic heterocycles. The molecular formula is C15H27NO5. The summed E-state index contributed by atoms with van der Waals surface area (Å²) in [5.41, 5.74) is 0. The quantitative estimate of drug-likeness (QED) is 0.454.